The molecule has 0 saturated carbocycles. The van der Waals surface area contributed by atoms with Gasteiger partial charge in [-0.3, -0.25) is 4.98 Å². The van der Waals surface area contributed by atoms with E-state index in [1.54, 1.807) is 19.2 Å². The van der Waals surface area contributed by atoms with Gasteiger partial charge in [0.15, 0.2) is 11.5 Å². The number of nitriles is 1. The standard InChI is InChI=1S/C22H21N3O6/c1-29-7-4-8-31-19-10-16-14(9-18(19)30-2)21(13(11-23)12-24-16)25-15-5-3-6-17(26)20(15)22(27)28/h3,5-6,9-10,12,26H,4,7-8H2,1-2H3,(H,24,25)(H,27,28). The predicted octanol–water partition coefficient (Wildman–Crippen LogP) is 3.68. The molecule has 0 aliphatic rings. The van der Waals surface area contributed by atoms with Gasteiger partial charge in [0, 0.05) is 37.8 Å². The first-order chi connectivity index (χ1) is 15.0. The number of phenols is 1. The van der Waals surface area contributed by atoms with E-state index in [0.29, 0.717) is 47.7 Å². The Kier molecular flexibility index (Phi) is 6.74. The molecule has 0 fully saturated rings. The monoisotopic (exact) mass is 423 g/mol. The summed E-state index contributed by atoms with van der Waals surface area (Å²) in [6.45, 7) is 0.978. The number of pyridine rings is 1. The molecule has 160 valence electrons. The van der Waals surface area contributed by atoms with Crippen LogP contribution in [0, 0.1) is 11.3 Å². The van der Waals surface area contributed by atoms with Gasteiger partial charge in [0.2, 0.25) is 0 Å². The summed E-state index contributed by atoms with van der Waals surface area (Å²) in [5.74, 6) is -0.780. The summed E-state index contributed by atoms with van der Waals surface area (Å²) >= 11 is 0. The largest absolute Gasteiger partial charge is 0.507 e. The van der Waals surface area contributed by atoms with Crippen molar-refractivity contribution in [2.24, 2.45) is 0 Å². The summed E-state index contributed by atoms with van der Waals surface area (Å²) in [6.07, 6.45) is 2.08. The lowest BCUT2D eigenvalue weighted by molar-refractivity contribution is 0.0695. The zero-order valence-electron chi connectivity index (χ0n) is 17.0. The second-order valence-electron chi connectivity index (χ2n) is 6.50. The number of anilines is 2. The molecule has 9 heteroatoms. The first-order valence-corrected chi connectivity index (χ1v) is 9.35. The molecule has 0 saturated heterocycles. The minimum absolute atomic E-state index is 0.135. The lowest BCUT2D eigenvalue weighted by atomic mass is 10.1. The quantitative estimate of drug-likeness (QED) is 0.441. The minimum Gasteiger partial charge on any atom is -0.507 e. The van der Waals surface area contributed by atoms with Crippen molar-refractivity contribution in [2.45, 2.75) is 6.42 Å². The van der Waals surface area contributed by atoms with E-state index < -0.39 is 11.7 Å². The number of hydrogen-bond acceptors (Lipinski definition) is 8. The smallest absolute Gasteiger partial charge is 0.341 e. The third kappa shape index (κ3) is 4.60. The molecule has 1 heterocycles. The summed E-state index contributed by atoms with van der Waals surface area (Å²) in [7, 11) is 3.11. The molecule has 0 unspecified atom stereocenters. The highest BCUT2D eigenvalue weighted by molar-refractivity contribution is 6.02. The van der Waals surface area contributed by atoms with Gasteiger partial charge in [-0.1, -0.05) is 6.07 Å². The first kappa shape index (κ1) is 21.7. The van der Waals surface area contributed by atoms with E-state index in [-0.39, 0.29) is 16.8 Å². The molecule has 2 aromatic carbocycles. The van der Waals surface area contributed by atoms with E-state index in [1.807, 2.05) is 0 Å². The maximum atomic E-state index is 11.6. The van der Waals surface area contributed by atoms with Crippen molar-refractivity contribution in [3.63, 3.8) is 0 Å². The normalized spacial score (nSPS) is 10.5. The Balaban J connectivity index is 2.10. The Morgan fingerprint density at radius 2 is 2.03 bits per heavy atom. The van der Waals surface area contributed by atoms with E-state index in [1.165, 1.54) is 31.5 Å². The summed E-state index contributed by atoms with van der Waals surface area (Å²) in [4.78, 5) is 15.9. The van der Waals surface area contributed by atoms with Gasteiger partial charge in [0.1, 0.15) is 17.4 Å². The van der Waals surface area contributed by atoms with Gasteiger partial charge in [-0.05, 0) is 18.2 Å². The molecule has 0 atom stereocenters. The molecule has 31 heavy (non-hydrogen) atoms. The second-order valence-corrected chi connectivity index (χ2v) is 6.50. The minimum atomic E-state index is -1.30. The molecule has 0 aliphatic carbocycles. The summed E-state index contributed by atoms with van der Waals surface area (Å²) in [5.41, 5.74) is 0.880. The number of fused-ring (bicyclic) bond motifs is 1. The number of aromatic hydroxyl groups is 1. The van der Waals surface area contributed by atoms with Crippen LogP contribution < -0.4 is 14.8 Å². The highest BCUT2D eigenvalue weighted by Crippen LogP contribution is 2.38. The first-order valence-electron chi connectivity index (χ1n) is 9.35. The SMILES string of the molecule is COCCCOc1cc2ncc(C#N)c(Nc3cccc(O)c3C(=O)O)c2cc1OC. The average Bonchev–Trinajstić information content (AvgIpc) is 2.76. The molecule has 0 spiro atoms. The number of methoxy groups -OCH3 is 2. The van der Waals surface area contributed by atoms with Crippen LogP contribution in [0.5, 0.6) is 17.2 Å². The molecule has 9 nitrogen and oxygen atoms in total. The number of benzene rings is 2. The number of rotatable bonds is 9. The van der Waals surface area contributed by atoms with E-state index in [0.717, 1.165) is 0 Å². The van der Waals surface area contributed by atoms with Crippen LogP contribution in [0.2, 0.25) is 0 Å². The number of nitrogens with zero attached hydrogens (tertiary/aromatic N) is 2. The lowest BCUT2D eigenvalue weighted by Gasteiger charge is -2.16. The maximum Gasteiger partial charge on any atom is 0.341 e. The maximum absolute atomic E-state index is 11.6. The number of carboxylic acids is 1. The zero-order chi connectivity index (χ0) is 22.4. The van der Waals surface area contributed by atoms with Gasteiger partial charge >= 0.3 is 5.97 Å². The Bertz CT molecular complexity index is 1160. The van der Waals surface area contributed by atoms with Crippen molar-refractivity contribution in [1.29, 1.82) is 5.26 Å². The molecular weight excluding hydrogens is 402 g/mol. The van der Waals surface area contributed by atoms with Gasteiger partial charge in [0.05, 0.1) is 36.2 Å². The fraction of sp³-hybridized carbons (Fsp3) is 0.227. The Morgan fingerprint density at radius 1 is 1.23 bits per heavy atom. The number of aromatic carboxylic acids is 1. The van der Waals surface area contributed by atoms with E-state index >= 15 is 0 Å². The van der Waals surface area contributed by atoms with Crippen molar-refractivity contribution in [2.75, 3.05) is 32.8 Å². The Hall–Kier alpha value is -4.03. The van der Waals surface area contributed by atoms with Crippen LogP contribution >= 0.6 is 0 Å². The highest BCUT2D eigenvalue weighted by atomic mass is 16.5. The number of carbonyl (C=O) groups is 1. The van der Waals surface area contributed by atoms with Crippen molar-refractivity contribution >= 4 is 28.2 Å². The van der Waals surface area contributed by atoms with Crippen molar-refractivity contribution < 1.29 is 29.2 Å². The van der Waals surface area contributed by atoms with Gasteiger partial charge in [-0.25, -0.2) is 4.79 Å². The van der Waals surface area contributed by atoms with Crippen molar-refractivity contribution in [3.05, 3.63) is 47.7 Å². The molecule has 3 aromatic rings. The average molecular weight is 423 g/mol. The van der Waals surface area contributed by atoms with Crippen LogP contribution in [0.25, 0.3) is 10.9 Å². The lowest BCUT2D eigenvalue weighted by Crippen LogP contribution is -2.05. The van der Waals surface area contributed by atoms with Gasteiger partial charge < -0.3 is 29.7 Å². The Morgan fingerprint density at radius 3 is 2.71 bits per heavy atom. The van der Waals surface area contributed by atoms with Gasteiger partial charge in [0.25, 0.3) is 0 Å². The van der Waals surface area contributed by atoms with E-state index in [9.17, 15) is 20.3 Å². The molecule has 0 aliphatic heterocycles. The fourth-order valence-electron chi connectivity index (χ4n) is 3.08. The number of aromatic nitrogens is 1. The fourth-order valence-corrected chi connectivity index (χ4v) is 3.08. The Labute approximate surface area is 178 Å². The second kappa shape index (κ2) is 9.65. The highest BCUT2D eigenvalue weighted by Gasteiger charge is 2.19. The zero-order valence-corrected chi connectivity index (χ0v) is 17.0. The molecule has 3 rings (SSSR count). The van der Waals surface area contributed by atoms with Crippen LogP contribution in [0.4, 0.5) is 11.4 Å². The topological polar surface area (TPSA) is 134 Å². The summed E-state index contributed by atoms with van der Waals surface area (Å²) in [5, 5.41) is 32.5. The van der Waals surface area contributed by atoms with Crippen LogP contribution in [0.15, 0.2) is 36.5 Å². The van der Waals surface area contributed by atoms with Crippen molar-refractivity contribution in [3.8, 4) is 23.3 Å². The molecule has 0 amide bonds. The van der Waals surface area contributed by atoms with E-state index in [2.05, 4.69) is 16.4 Å². The number of carboxylic acid groups (broad SMARTS) is 1. The number of nitrogens with one attached hydrogen (secondary N) is 1. The number of hydrogen-bond donors (Lipinski definition) is 3. The van der Waals surface area contributed by atoms with Crippen molar-refractivity contribution in [1.82, 2.24) is 4.98 Å². The summed E-state index contributed by atoms with van der Waals surface area (Å²) in [6, 6.07) is 9.69. The molecule has 1 aromatic heterocycles. The van der Waals surface area contributed by atoms with Crippen LogP contribution in [-0.4, -0.2) is 48.6 Å². The molecule has 0 bridgehead atoms. The van der Waals surface area contributed by atoms with Crippen LogP contribution in [0.3, 0.4) is 0 Å². The third-order valence-corrected chi connectivity index (χ3v) is 4.54. The predicted molar refractivity (Wildman–Crippen MR) is 113 cm³/mol. The molecule has 3 N–H and O–H groups in total. The molecular formula is C22H21N3O6. The third-order valence-electron chi connectivity index (χ3n) is 4.54. The van der Waals surface area contributed by atoms with Crippen LogP contribution in [0.1, 0.15) is 22.3 Å². The van der Waals surface area contributed by atoms with Crippen LogP contribution in [-0.2, 0) is 4.74 Å². The summed E-state index contributed by atoms with van der Waals surface area (Å²) < 4.78 is 16.2. The molecule has 0 radical (unpaired) electrons. The number of ether oxygens (including phenoxy) is 3. The van der Waals surface area contributed by atoms with Gasteiger partial charge in [-0.2, -0.15) is 5.26 Å². The van der Waals surface area contributed by atoms with Gasteiger partial charge in [-0.15, -0.1) is 0 Å². The van der Waals surface area contributed by atoms with E-state index in [4.69, 9.17) is 14.2 Å².